The van der Waals surface area contributed by atoms with Crippen LogP contribution in [0.25, 0.3) is 0 Å². The largest absolute Gasteiger partial charge is 0.462 e. The first-order chi connectivity index (χ1) is 13.1. The molecule has 27 heavy (non-hydrogen) atoms. The van der Waals surface area contributed by atoms with Crippen molar-refractivity contribution in [3.63, 3.8) is 0 Å². The summed E-state index contributed by atoms with van der Waals surface area (Å²) in [6.07, 6.45) is 8.48. The van der Waals surface area contributed by atoms with Crippen LogP contribution in [-0.4, -0.2) is 48.4 Å². The van der Waals surface area contributed by atoms with E-state index in [1.807, 2.05) is 0 Å². The zero-order chi connectivity index (χ0) is 18.8. The molecule has 0 aliphatic carbocycles. The number of anilines is 1. The molecule has 6 heteroatoms. The molecule has 2 saturated heterocycles. The fourth-order valence-corrected chi connectivity index (χ4v) is 4.44. The highest BCUT2D eigenvalue weighted by Gasteiger charge is 2.33. The molecule has 0 spiro atoms. The van der Waals surface area contributed by atoms with Gasteiger partial charge in [-0.15, -0.1) is 0 Å². The molecule has 3 aliphatic heterocycles. The Labute approximate surface area is 158 Å². The molecule has 0 unspecified atom stereocenters. The van der Waals surface area contributed by atoms with Crippen molar-refractivity contribution in [2.75, 3.05) is 24.6 Å². The summed E-state index contributed by atoms with van der Waals surface area (Å²) in [5, 5.41) is 0. The fraction of sp³-hybridized carbons (Fsp3) is 0.476. The number of benzene rings is 1. The number of carbonyl (C=O) groups excluding carboxylic acids is 3. The second-order valence-electron chi connectivity index (χ2n) is 7.49. The quantitative estimate of drug-likeness (QED) is 0.604. The maximum absolute atomic E-state index is 12.4. The van der Waals surface area contributed by atoms with Crippen molar-refractivity contribution in [2.24, 2.45) is 5.92 Å². The number of amides is 2. The Balaban J connectivity index is 1.36. The van der Waals surface area contributed by atoms with E-state index in [9.17, 15) is 14.4 Å². The lowest BCUT2D eigenvalue weighted by Crippen LogP contribution is -2.49. The van der Waals surface area contributed by atoms with Crippen molar-refractivity contribution in [3.8, 4) is 0 Å². The minimum atomic E-state index is -0.371. The van der Waals surface area contributed by atoms with E-state index in [4.69, 9.17) is 4.74 Å². The predicted octanol–water partition coefficient (Wildman–Crippen LogP) is 2.54. The molecular weight excluding hydrogens is 344 g/mol. The average Bonchev–Trinajstić information content (AvgIpc) is 3.04. The normalized spacial score (nSPS) is 25.6. The number of imide groups is 1. The van der Waals surface area contributed by atoms with Crippen LogP contribution in [0.5, 0.6) is 0 Å². The third-order valence-corrected chi connectivity index (χ3v) is 5.83. The fourth-order valence-electron chi connectivity index (χ4n) is 4.44. The van der Waals surface area contributed by atoms with Gasteiger partial charge < -0.3 is 4.74 Å². The van der Waals surface area contributed by atoms with E-state index in [1.165, 1.54) is 50.9 Å². The van der Waals surface area contributed by atoms with Crippen LogP contribution in [0.2, 0.25) is 0 Å². The second-order valence-corrected chi connectivity index (χ2v) is 7.49. The lowest BCUT2D eigenvalue weighted by atomic mass is 9.84. The number of fused-ring (bicyclic) bond motifs is 1. The number of piperidine rings is 2. The Morgan fingerprint density at radius 2 is 1.67 bits per heavy atom. The molecule has 142 valence electrons. The summed E-state index contributed by atoms with van der Waals surface area (Å²) < 4.78 is 5.60. The van der Waals surface area contributed by atoms with Crippen LogP contribution in [0.1, 0.15) is 42.5 Å². The lowest BCUT2D eigenvalue weighted by Gasteiger charge is -2.44. The number of rotatable bonds is 4. The molecule has 2 fully saturated rings. The number of ether oxygens (including phenoxy) is 1. The van der Waals surface area contributed by atoms with Crippen LogP contribution in [0.4, 0.5) is 5.69 Å². The summed E-state index contributed by atoms with van der Waals surface area (Å²) in [5.74, 6) is -0.686. The zero-order valence-electron chi connectivity index (χ0n) is 15.3. The van der Waals surface area contributed by atoms with Crippen molar-refractivity contribution >= 4 is 23.5 Å². The summed E-state index contributed by atoms with van der Waals surface area (Å²) in [6, 6.07) is 6.95. The Morgan fingerprint density at radius 1 is 0.963 bits per heavy atom. The summed E-state index contributed by atoms with van der Waals surface area (Å²) in [6.45, 7) is 2.79. The van der Waals surface area contributed by atoms with Gasteiger partial charge in [-0.25, -0.2) is 9.69 Å². The van der Waals surface area contributed by atoms with Gasteiger partial charge >= 0.3 is 5.97 Å². The second kappa shape index (κ2) is 7.64. The number of carbonyl (C=O) groups is 3. The van der Waals surface area contributed by atoms with Crippen LogP contribution in [-0.2, 0) is 14.3 Å². The van der Waals surface area contributed by atoms with Gasteiger partial charge in [-0.2, -0.15) is 0 Å². The smallest absolute Gasteiger partial charge is 0.338 e. The minimum absolute atomic E-state index is 0.355. The SMILES string of the molecule is O=C(OC[C@H]1CCCN2CCCC[C@@H]12)c1ccc(N2C(=O)C=CC2=O)cc1. The van der Waals surface area contributed by atoms with Crippen molar-refractivity contribution in [3.05, 3.63) is 42.0 Å². The van der Waals surface area contributed by atoms with Crippen molar-refractivity contribution < 1.29 is 19.1 Å². The Hall–Kier alpha value is -2.47. The van der Waals surface area contributed by atoms with E-state index in [0.29, 0.717) is 29.8 Å². The molecule has 2 amide bonds. The van der Waals surface area contributed by atoms with E-state index in [2.05, 4.69) is 4.90 Å². The maximum Gasteiger partial charge on any atom is 0.338 e. The summed E-state index contributed by atoms with van der Waals surface area (Å²) in [4.78, 5) is 39.5. The standard InChI is InChI=1S/C21H24N2O4/c24-19-10-11-20(25)23(19)17-8-6-15(7-9-17)21(26)27-14-16-4-3-13-22-12-2-1-5-18(16)22/h6-11,16,18H,1-5,12-14H2/t16-,18+/m1/s1. The monoisotopic (exact) mass is 368 g/mol. The van der Waals surface area contributed by atoms with Gasteiger partial charge in [0.25, 0.3) is 11.8 Å². The first-order valence-corrected chi connectivity index (χ1v) is 9.71. The molecule has 0 aromatic heterocycles. The van der Waals surface area contributed by atoms with Crippen LogP contribution in [0, 0.1) is 5.92 Å². The summed E-state index contributed by atoms with van der Waals surface area (Å²) in [7, 11) is 0. The van der Waals surface area contributed by atoms with E-state index >= 15 is 0 Å². The molecule has 0 radical (unpaired) electrons. The third kappa shape index (κ3) is 3.67. The molecule has 3 aliphatic rings. The van der Waals surface area contributed by atoms with E-state index < -0.39 is 0 Å². The summed E-state index contributed by atoms with van der Waals surface area (Å²) in [5.41, 5.74) is 0.888. The number of nitrogens with zero attached hydrogens (tertiary/aromatic N) is 2. The molecule has 0 bridgehead atoms. The molecule has 0 saturated carbocycles. The number of hydrogen-bond acceptors (Lipinski definition) is 5. The van der Waals surface area contributed by atoms with Gasteiger partial charge in [-0.05, 0) is 63.0 Å². The molecular formula is C21H24N2O4. The Kier molecular flexibility index (Phi) is 5.07. The van der Waals surface area contributed by atoms with Crippen LogP contribution < -0.4 is 4.90 Å². The van der Waals surface area contributed by atoms with E-state index in [0.717, 1.165) is 11.3 Å². The Bertz CT molecular complexity index is 751. The van der Waals surface area contributed by atoms with Crippen molar-refractivity contribution in [1.82, 2.24) is 4.90 Å². The molecule has 4 rings (SSSR count). The highest BCUT2D eigenvalue weighted by Crippen LogP contribution is 2.31. The number of esters is 1. The number of hydrogen-bond donors (Lipinski definition) is 0. The van der Waals surface area contributed by atoms with Gasteiger partial charge in [0.05, 0.1) is 17.9 Å². The van der Waals surface area contributed by atoms with E-state index in [1.54, 1.807) is 24.3 Å². The van der Waals surface area contributed by atoms with Crippen molar-refractivity contribution in [1.29, 1.82) is 0 Å². The third-order valence-electron chi connectivity index (χ3n) is 5.83. The van der Waals surface area contributed by atoms with E-state index in [-0.39, 0.29) is 17.8 Å². The first kappa shape index (κ1) is 17.9. The average molecular weight is 368 g/mol. The molecule has 1 aromatic carbocycles. The molecule has 1 aromatic rings. The molecule has 6 nitrogen and oxygen atoms in total. The zero-order valence-corrected chi connectivity index (χ0v) is 15.3. The minimum Gasteiger partial charge on any atom is -0.462 e. The van der Waals surface area contributed by atoms with Gasteiger partial charge in [0, 0.05) is 24.1 Å². The van der Waals surface area contributed by atoms with Gasteiger partial charge in [0.15, 0.2) is 0 Å². The van der Waals surface area contributed by atoms with Gasteiger partial charge in [0.1, 0.15) is 0 Å². The topological polar surface area (TPSA) is 66.9 Å². The Morgan fingerprint density at radius 3 is 2.41 bits per heavy atom. The van der Waals surface area contributed by atoms with Crippen LogP contribution in [0.15, 0.2) is 36.4 Å². The van der Waals surface area contributed by atoms with Crippen LogP contribution >= 0.6 is 0 Å². The van der Waals surface area contributed by atoms with Gasteiger partial charge in [-0.3, -0.25) is 14.5 Å². The first-order valence-electron chi connectivity index (χ1n) is 9.71. The summed E-state index contributed by atoms with van der Waals surface area (Å²) >= 11 is 0. The predicted molar refractivity (Wildman–Crippen MR) is 100 cm³/mol. The maximum atomic E-state index is 12.4. The van der Waals surface area contributed by atoms with Gasteiger partial charge in [0.2, 0.25) is 0 Å². The van der Waals surface area contributed by atoms with Crippen LogP contribution in [0.3, 0.4) is 0 Å². The lowest BCUT2D eigenvalue weighted by molar-refractivity contribution is -0.119. The molecule has 2 atom stereocenters. The highest BCUT2D eigenvalue weighted by molar-refractivity contribution is 6.28. The van der Waals surface area contributed by atoms with Gasteiger partial charge in [-0.1, -0.05) is 6.42 Å². The molecule has 0 N–H and O–H groups in total. The molecule has 3 heterocycles. The van der Waals surface area contributed by atoms with Crippen molar-refractivity contribution in [2.45, 2.75) is 38.1 Å². The highest BCUT2D eigenvalue weighted by atomic mass is 16.5.